The van der Waals surface area contributed by atoms with Crippen molar-refractivity contribution in [3.05, 3.63) is 65.7 Å². The lowest BCUT2D eigenvalue weighted by Crippen LogP contribution is -2.37. The second-order valence-corrected chi connectivity index (χ2v) is 5.17. The Labute approximate surface area is 144 Å². The number of ether oxygens (including phenoxy) is 1. The van der Waals surface area contributed by atoms with Crippen LogP contribution in [0.5, 0.6) is 5.75 Å². The first-order valence-electron chi connectivity index (χ1n) is 8.03. The highest BCUT2D eigenvalue weighted by atomic mass is 16.5. The smallest absolute Gasteiger partial charge is 0.192 e. The van der Waals surface area contributed by atoms with E-state index in [4.69, 9.17) is 11.2 Å². The molecule has 0 aliphatic rings. The van der Waals surface area contributed by atoms with E-state index in [9.17, 15) is 0 Å². The highest BCUT2D eigenvalue weighted by molar-refractivity contribution is 5.79. The molecular formula is C20H23N3O. The molecule has 0 fully saturated rings. The summed E-state index contributed by atoms with van der Waals surface area (Å²) in [7, 11) is 0. The van der Waals surface area contributed by atoms with E-state index in [-0.39, 0.29) is 0 Å². The molecule has 2 N–H and O–H groups in total. The summed E-state index contributed by atoms with van der Waals surface area (Å²) in [6, 6.07) is 18.1. The normalized spacial score (nSPS) is 10.8. The van der Waals surface area contributed by atoms with Crippen LogP contribution in [0.15, 0.2) is 59.6 Å². The van der Waals surface area contributed by atoms with Gasteiger partial charge in [-0.2, -0.15) is 0 Å². The van der Waals surface area contributed by atoms with E-state index in [1.54, 1.807) is 0 Å². The van der Waals surface area contributed by atoms with Gasteiger partial charge < -0.3 is 15.4 Å². The number of hydrogen-bond donors (Lipinski definition) is 2. The van der Waals surface area contributed by atoms with Crippen LogP contribution in [-0.2, 0) is 13.2 Å². The summed E-state index contributed by atoms with van der Waals surface area (Å²) in [6.45, 7) is 4.37. The summed E-state index contributed by atoms with van der Waals surface area (Å²) >= 11 is 0. The Hall–Kier alpha value is -2.93. The molecule has 2 aromatic carbocycles. The fraction of sp³-hybridized carbons (Fsp3) is 0.250. The van der Waals surface area contributed by atoms with Crippen molar-refractivity contribution in [3.8, 4) is 18.1 Å². The molecule has 0 spiro atoms. The molecule has 2 rings (SSSR count). The third-order valence-electron chi connectivity index (χ3n) is 3.27. The topological polar surface area (TPSA) is 45.7 Å². The fourth-order valence-electron chi connectivity index (χ4n) is 2.12. The van der Waals surface area contributed by atoms with Crippen LogP contribution >= 0.6 is 0 Å². The second-order valence-electron chi connectivity index (χ2n) is 5.17. The quantitative estimate of drug-likeness (QED) is 0.468. The summed E-state index contributed by atoms with van der Waals surface area (Å²) in [5.41, 5.74) is 2.23. The maximum Gasteiger partial charge on any atom is 0.192 e. The summed E-state index contributed by atoms with van der Waals surface area (Å²) in [6.07, 6.45) is 5.27. The highest BCUT2D eigenvalue weighted by Gasteiger charge is 2.00. The van der Waals surface area contributed by atoms with Crippen molar-refractivity contribution in [1.82, 2.24) is 10.6 Å². The van der Waals surface area contributed by atoms with Crippen LogP contribution in [0.1, 0.15) is 18.1 Å². The molecule has 0 aliphatic heterocycles. The van der Waals surface area contributed by atoms with Crippen molar-refractivity contribution in [2.45, 2.75) is 20.1 Å². The Kier molecular flexibility index (Phi) is 7.23. The summed E-state index contributed by atoms with van der Waals surface area (Å²) in [4.78, 5) is 4.52. The van der Waals surface area contributed by atoms with Crippen LogP contribution in [0.3, 0.4) is 0 Å². The highest BCUT2D eigenvalue weighted by Crippen LogP contribution is 2.15. The Balaban J connectivity index is 1.95. The summed E-state index contributed by atoms with van der Waals surface area (Å²) < 4.78 is 5.85. The van der Waals surface area contributed by atoms with Crippen molar-refractivity contribution < 1.29 is 4.74 Å². The van der Waals surface area contributed by atoms with Crippen LogP contribution in [-0.4, -0.2) is 19.0 Å². The van der Waals surface area contributed by atoms with E-state index in [0.717, 1.165) is 23.4 Å². The predicted octanol–water partition coefficient (Wildman–Crippen LogP) is 2.95. The molecule has 0 amide bonds. The van der Waals surface area contributed by atoms with E-state index in [2.05, 4.69) is 21.5 Å². The van der Waals surface area contributed by atoms with Crippen LogP contribution in [0.4, 0.5) is 0 Å². The SMILES string of the molecule is C#CCNC(=NCc1cccc(OCc2ccccc2)c1)NCC. The van der Waals surface area contributed by atoms with Gasteiger partial charge in [0.05, 0.1) is 13.1 Å². The molecule has 24 heavy (non-hydrogen) atoms. The third-order valence-corrected chi connectivity index (χ3v) is 3.27. The Morgan fingerprint density at radius 2 is 1.88 bits per heavy atom. The summed E-state index contributed by atoms with van der Waals surface area (Å²) in [5.74, 6) is 4.10. The lowest BCUT2D eigenvalue weighted by Gasteiger charge is -2.10. The number of nitrogens with zero attached hydrogens (tertiary/aromatic N) is 1. The molecule has 0 unspecified atom stereocenters. The molecular weight excluding hydrogens is 298 g/mol. The van der Waals surface area contributed by atoms with Crippen LogP contribution in [0.2, 0.25) is 0 Å². The Bertz CT molecular complexity index is 690. The monoisotopic (exact) mass is 321 g/mol. The van der Waals surface area contributed by atoms with E-state index < -0.39 is 0 Å². The average Bonchev–Trinajstić information content (AvgIpc) is 2.63. The van der Waals surface area contributed by atoms with Crippen molar-refractivity contribution in [2.24, 2.45) is 4.99 Å². The molecule has 0 saturated heterocycles. The average molecular weight is 321 g/mol. The van der Waals surface area contributed by atoms with Crippen molar-refractivity contribution >= 4 is 5.96 Å². The molecule has 0 heterocycles. The van der Waals surface area contributed by atoms with Crippen molar-refractivity contribution in [2.75, 3.05) is 13.1 Å². The summed E-state index contributed by atoms with van der Waals surface area (Å²) in [5, 5.41) is 6.23. The first-order valence-corrected chi connectivity index (χ1v) is 8.03. The number of guanidine groups is 1. The fourth-order valence-corrected chi connectivity index (χ4v) is 2.12. The Morgan fingerprint density at radius 3 is 2.62 bits per heavy atom. The van der Waals surface area contributed by atoms with Gasteiger partial charge in [0.2, 0.25) is 0 Å². The number of hydrogen-bond acceptors (Lipinski definition) is 2. The molecule has 0 aromatic heterocycles. The molecule has 4 heteroatoms. The van der Waals surface area contributed by atoms with Gasteiger partial charge in [0.1, 0.15) is 12.4 Å². The molecule has 0 aliphatic carbocycles. The number of nitrogens with one attached hydrogen (secondary N) is 2. The van der Waals surface area contributed by atoms with Crippen molar-refractivity contribution in [3.63, 3.8) is 0 Å². The maximum absolute atomic E-state index is 5.85. The first kappa shape index (κ1) is 17.4. The number of benzene rings is 2. The maximum atomic E-state index is 5.85. The van der Waals surface area contributed by atoms with Crippen molar-refractivity contribution in [1.29, 1.82) is 0 Å². The van der Waals surface area contributed by atoms with Gasteiger partial charge in [-0.25, -0.2) is 4.99 Å². The van der Waals surface area contributed by atoms with Gasteiger partial charge in [-0.05, 0) is 30.2 Å². The van der Waals surface area contributed by atoms with Crippen LogP contribution in [0.25, 0.3) is 0 Å². The second kappa shape index (κ2) is 9.96. The minimum absolute atomic E-state index is 0.450. The molecule has 124 valence electrons. The van der Waals surface area contributed by atoms with E-state index in [1.165, 1.54) is 0 Å². The van der Waals surface area contributed by atoms with E-state index >= 15 is 0 Å². The van der Waals surface area contributed by atoms with Gasteiger partial charge >= 0.3 is 0 Å². The number of aliphatic imine (C=N–C) groups is 1. The van der Waals surface area contributed by atoms with E-state index in [0.29, 0.717) is 25.7 Å². The lowest BCUT2D eigenvalue weighted by atomic mass is 10.2. The number of rotatable bonds is 7. The molecule has 0 saturated carbocycles. The molecule has 0 atom stereocenters. The van der Waals surface area contributed by atoms with Gasteiger partial charge in [-0.1, -0.05) is 48.4 Å². The van der Waals surface area contributed by atoms with Gasteiger partial charge in [-0.15, -0.1) is 6.42 Å². The largest absolute Gasteiger partial charge is 0.489 e. The molecule has 0 bridgehead atoms. The van der Waals surface area contributed by atoms with Gasteiger partial charge in [0.15, 0.2) is 5.96 Å². The third kappa shape index (κ3) is 6.05. The molecule has 4 nitrogen and oxygen atoms in total. The van der Waals surface area contributed by atoms with Crippen LogP contribution < -0.4 is 15.4 Å². The zero-order valence-electron chi connectivity index (χ0n) is 14.0. The zero-order chi connectivity index (χ0) is 17.0. The molecule has 0 radical (unpaired) electrons. The first-order chi connectivity index (χ1) is 11.8. The minimum atomic E-state index is 0.450. The lowest BCUT2D eigenvalue weighted by molar-refractivity contribution is 0.306. The molecule has 2 aromatic rings. The number of terminal acetylenes is 1. The van der Waals surface area contributed by atoms with Crippen LogP contribution in [0, 0.1) is 12.3 Å². The van der Waals surface area contributed by atoms with Gasteiger partial charge in [0.25, 0.3) is 0 Å². The Morgan fingerprint density at radius 1 is 1.08 bits per heavy atom. The predicted molar refractivity (Wildman–Crippen MR) is 98.9 cm³/mol. The zero-order valence-corrected chi connectivity index (χ0v) is 14.0. The standard InChI is InChI=1S/C20H23N3O/c1-3-13-22-20(21-4-2)23-15-18-11-8-12-19(14-18)24-16-17-9-6-5-7-10-17/h1,5-12,14H,4,13,15-16H2,2H3,(H2,21,22,23). The van der Waals surface area contributed by atoms with Gasteiger partial charge in [0, 0.05) is 6.54 Å². The minimum Gasteiger partial charge on any atom is -0.489 e. The van der Waals surface area contributed by atoms with E-state index in [1.807, 2.05) is 61.5 Å². The van der Waals surface area contributed by atoms with Gasteiger partial charge in [-0.3, -0.25) is 0 Å².